The third-order valence-electron chi connectivity index (χ3n) is 5.15. The molecule has 3 rings (SSSR count). The van der Waals surface area contributed by atoms with Crippen LogP contribution in [0, 0.1) is 5.92 Å². The number of hydrogen-bond acceptors (Lipinski definition) is 6. The maximum atomic E-state index is 12.9. The lowest BCUT2D eigenvalue weighted by Gasteiger charge is -2.39. The third-order valence-corrected chi connectivity index (χ3v) is 5.15. The van der Waals surface area contributed by atoms with Crippen LogP contribution in [0.1, 0.15) is 32.6 Å². The molecule has 2 heterocycles. The van der Waals surface area contributed by atoms with E-state index in [4.69, 9.17) is 10.5 Å². The zero-order chi connectivity index (χ0) is 17.6. The van der Waals surface area contributed by atoms with Crippen LogP contribution in [0.3, 0.4) is 0 Å². The van der Waals surface area contributed by atoms with Crippen LogP contribution >= 0.6 is 24.8 Å². The average Bonchev–Trinajstić information content (AvgIpc) is 2.67. The Morgan fingerprint density at radius 2 is 1.85 bits per heavy atom. The van der Waals surface area contributed by atoms with Gasteiger partial charge in [-0.15, -0.1) is 24.8 Å². The Balaban J connectivity index is 0.00000182. The number of carbonyl (C=O) groups is 1. The number of ether oxygens (including phenoxy) is 1. The second kappa shape index (κ2) is 11.6. The molecule has 1 amide bonds. The summed E-state index contributed by atoms with van der Waals surface area (Å²) < 4.78 is 5.87. The first-order valence-corrected chi connectivity index (χ1v) is 9.37. The number of amides is 1. The standard InChI is InChI=1S/C18H29N5O2.2ClH/c1-2-12-25-16-13-14(4-5-15(16)19)17(24)22-8-10-23(11-9-22)18-20-6-3-7-21-18;;/h3,6-7,14-16H,2,4-5,8-13,19H2,1H3;2*1H/t14-,15-,16-;;/m0../s1. The zero-order valence-electron chi connectivity index (χ0n) is 15.8. The van der Waals surface area contributed by atoms with Gasteiger partial charge in [0.25, 0.3) is 0 Å². The minimum absolute atomic E-state index is 0. The summed E-state index contributed by atoms with van der Waals surface area (Å²) in [4.78, 5) is 25.6. The molecule has 1 aliphatic heterocycles. The number of piperazine rings is 1. The molecule has 1 aromatic rings. The van der Waals surface area contributed by atoms with Crippen molar-refractivity contribution in [1.29, 1.82) is 0 Å². The molecule has 0 bridgehead atoms. The van der Waals surface area contributed by atoms with E-state index < -0.39 is 0 Å². The molecule has 7 nitrogen and oxygen atoms in total. The quantitative estimate of drug-likeness (QED) is 0.783. The van der Waals surface area contributed by atoms with E-state index in [1.54, 1.807) is 12.4 Å². The van der Waals surface area contributed by atoms with Crippen molar-refractivity contribution in [3.8, 4) is 0 Å². The molecule has 0 spiro atoms. The first-order valence-electron chi connectivity index (χ1n) is 9.37. The van der Waals surface area contributed by atoms with E-state index in [0.717, 1.165) is 64.4 Å². The maximum Gasteiger partial charge on any atom is 0.225 e. The molecule has 0 radical (unpaired) electrons. The van der Waals surface area contributed by atoms with Crippen LogP contribution in [-0.2, 0) is 9.53 Å². The highest BCUT2D eigenvalue weighted by Gasteiger charge is 2.35. The molecule has 3 atom stereocenters. The van der Waals surface area contributed by atoms with E-state index in [2.05, 4.69) is 21.8 Å². The van der Waals surface area contributed by atoms with E-state index in [0.29, 0.717) is 0 Å². The van der Waals surface area contributed by atoms with E-state index in [1.165, 1.54) is 0 Å². The van der Waals surface area contributed by atoms with E-state index in [9.17, 15) is 4.79 Å². The monoisotopic (exact) mass is 419 g/mol. The van der Waals surface area contributed by atoms with Gasteiger partial charge in [0.1, 0.15) is 0 Å². The molecule has 0 aromatic carbocycles. The molecule has 9 heteroatoms. The highest BCUT2D eigenvalue weighted by atomic mass is 35.5. The number of nitrogens with two attached hydrogens (primary N) is 1. The molecule has 1 saturated heterocycles. The summed E-state index contributed by atoms with van der Waals surface area (Å²) in [5.41, 5.74) is 6.17. The van der Waals surface area contributed by atoms with Crippen LogP contribution < -0.4 is 10.6 Å². The fraction of sp³-hybridized carbons (Fsp3) is 0.722. The Morgan fingerprint density at radius 3 is 2.48 bits per heavy atom. The number of anilines is 1. The molecular formula is C18H31Cl2N5O2. The van der Waals surface area contributed by atoms with Crippen LogP contribution in [0.5, 0.6) is 0 Å². The minimum atomic E-state index is 0. The van der Waals surface area contributed by atoms with Gasteiger partial charge in [-0.3, -0.25) is 4.79 Å². The van der Waals surface area contributed by atoms with Crippen LogP contribution in [-0.4, -0.2) is 65.7 Å². The van der Waals surface area contributed by atoms with Gasteiger partial charge in [-0.2, -0.15) is 0 Å². The van der Waals surface area contributed by atoms with Crippen molar-refractivity contribution in [3.05, 3.63) is 18.5 Å². The summed E-state index contributed by atoms with van der Waals surface area (Å²) in [5.74, 6) is 1.04. The van der Waals surface area contributed by atoms with Crippen LogP contribution in [0.2, 0.25) is 0 Å². The van der Waals surface area contributed by atoms with Crippen LogP contribution in [0.4, 0.5) is 5.95 Å². The van der Waals surface area contributed by atoms with Gasteiger partial charge in [0.2, 0.25) is 11.9 Å². The Morgan fingerprint density at radius 1 is 1.19 bits per heavy atom. The lowest BCUT2D eigenvalue weighted by atomic mass is 9.83. The molecule has 2 N–H and O–H groups in total. The summed E-state index contributed by atoms with van der Waals surface area (Å²) >= 11 is 0. The van der Waals surface area contributed by atoms with E-state index in [-0.39, 0.29) is 48.8 Å². The highest BCUT2D eigenvalue weighted by molar-refractivity contribution is 5.85. The number of aromatic nitrogens is 2. The fourth-order valence-electron chi connectivity index (χ4n) is 3.68. The molecule has 2 aliphatic rings. The van der Waals surface area contributed by atoms with Crippen molar-refractivity contribution in [1.82, 2.24) is 14.9 Å². The Labute approximate surface area is 173 Å². The molecule has 154 valence electrons. The molecule has 1 saturated carbocycles. The topological polar surface area (TPSA) is 84.6 Å². The van der Waals surface area contributed by atoms with Crippen LogP contribution in [0.25, 0.3) is 0 Å². The van der Waals surface area contributed by atoms with Gasteiger partial charge < -0.3 is 20.3 Å². The zero-order valence-corrected chi connectivity index (χ0v) is 17.5. The molecule has 1 aliphatic carbocycles. The third kappa shape index (κ3) is 6.17. The Kier molecular flexibility index (Phi) is 10.3. The van der Waals surface area contributed by atoms with Crippen molar-refractivity contribution in [2.45, 2.75) is 44.8 Å². The second-order valence-electron chi connectivity index (χ2n) is 6.94. The predicted molar refractivity (Wildman–Crippen MR) is 111 cm³/mol. The number of carbonyl (C=O) groups excluding carboxylic acids is 1. The van der Waals surface area contributed by atoms with E-state index >= 15 is 0 Å². The highest BCUT2D eigenvalue weighted by Crippen LogP contribution is 2.28. The summed E-state index contributed by atoms with van der Waals surface area (Å²) in [6.07, 6.45) is 6.98. The smallest absolute Gasteiger partial charge is 0.225 e. The van der Waals surface area contributed by atoms with Gasteiger partial charge in [0.15, 0.2) is 0 Å². The summed E-state index contributed by atoms with van der Waals surface area (Å²) in [6, 6.07) is 1.87. The van der Waals surface area contributed by atoms with Crippen molar-refractivity contribution in [2.24, 2.45) is 11.7 Å². The lowest BCUT2D eigenvalue weighted by molar-refractivity contribution is -0.139. The molecule has 2 fully saturated rings. The molecule has 0 unspecified atom stereocenters. The largest absolute Gasteiger partial charge is 0.377 e. The second-order valence-corrected chi connectivity index (χ2v) is 6.94. The lowest BCUT2D eigenvalue weighted by Crippen LogP contribution is -2.53. The van der Waals surface area contributed by atoms with Gasteiger partial charge in [-0.05, 0) is 31.7 Å². The van der Waals surface area contributed by atoms with Gasteiger partial charge >= 0.3 is 0 Å². The van der Waals surface area contributed by atoms with Crippen molar-refractivity contribution < 1.29 is 9.53 Å². The van der Waals surface area contributed by atoms with Gasteiger partial charge in [0, 0.05) is 57.1 Å². The number of halogens is 2. The summed E-state index contributed by atoms with van der Waals surface area (Å²) in [5, 5.41) is 0. The Bertz CT molecular complexity index is 558. The van der Waals surface area contributed by atoms with Gasteiger partial charge in [0.05, 0.1) is 6.10 Å². The van der Waals surface area contributed by atoms with Crippen molar-refractivity contribution in [2.75, 3.05) is 37.7 Å². The molecule has 27 heavy (non-hydrogen) atoms. The van der Waals surface area contributed by atoms with Gasteiger partial charge in [-0.1, -0.05) is 6.92 Å². The minimum Gasteiger partial charge on any atom is -0.377 e. The maximum absolute atomic E-state index is 12.9. The summed E-state index contributed by atoms with van der Waals surface area (Å²) in [6.45, 7) is 5.80. The van der Waals surface area contributed by atoms with Crippen molar-refractivity contribution in [3.63, 3.8) is 0 Å². The van der Waals surface area contributed by atoms with Crippen LogP contribution in [0.15, 0.2) is 18.5 Å². The first kappa shape index (κ1) is 23.9. The summed E-state index contributed by atoms with van der Waals surface area (Å²) in [7, 11) is 0. The molecule has 1 aromatic heterocycles. The number of hydrogen-bond donors (Lipinski definition) is 1. The molecular weight excluding hydrogens is 389 g/mol. The first-order chi connectivity index (χ1) is 12.2. The number of nitrogens with zero attached hydrogens (tertiary/aromatic N) is 4. The average molecular weight is 420 g/mol. The number of rotatable bonds is 5. The predicted octanol–water partition coefficient (Wildman–Crippen LogP) is 1.89. The van der Waals surface area contributed by atoms with Gasteiger partial charge in [-0.25, -0.2) is 9.97 Å². The normalized spacial score (nSPS) is 25.3. The van der Waals surface area contributed by atoms with E-state index in [1.807, 2.05) is 11.0 Å². The SMILES string of the molecule is CCCO[C@H]1C[C@@H](C(=O)N2CCN(c3ncccn3)CC2)CC[C@@H]1N.Cl.Cl. The fourth-order valence-corrected chi connectivity index (χ4v) is 3.68. The van der Waals surface area contributed by atoms with Crippen molar-refractivity contribution >= 4 is 36.7 Å². The Hall–Kier alpha value is -1.15.